The van der Waals surface area contributed by atoms with Gasteiger partial charge in [-0.15, -0.1) is 0 Å². The third-order valence-corrected chi connectivity index (χ3v) is 6.97. The predicted molar refractivity (Wildman–Crippen MR) is 140 cm³/mol. The van der Waals surface area contributed by atoms with E-state index in [2.05, 4.69) is 5.10 Å². The summed E-state index contributed by atoms with van der Waals surface area (Å²) < 4.78 is 1.49. The zero-order valence-corrected chi connectivity index (χ0v) is 20.4. The number of nitrogens with zero attached hydrogens (tertiary/aromatic N) is 2. The lowest BCUT2D eigenvalue weighted by Crippen LogP contribution is -2.44. The van der Waals surface area contributed by atoms with Crippen LogP contribution in [0.1, 0.15) is 24.5 Å². The summed E-state index contributed by atoms with van der Waals surface area (Å²) in [5, 5.41) is 24.9. The Morgan fingerprint density at radius 1 is 1.08 bits per heavy atom. The molecule has 1 aromatic heterocycles. The number of hydrogen-bond acceptors (Lipinski definition) is 4. The Hall–Kier alpha value is -3.65. The van der Waals surface area contributed by atoms with Gasteiger partial charge in [-0.1, -0.05) is 54.9 Å². The largest absolute Gasteiger partial charge is 0.396 e. The number of aliphatic hydroxyl groups is 2. The van der Waals surface area contributed by atoms with E-state index in [1.165, 1.54) is 4.68 Å². The number of aliphatic hydroxyl groups excluding tert-OH is 1. The summed E-state index contributed by atoms with van der Waals surface area (Å²) in [5.41, 5.74) is 1.43. The highest BCUT2D eigenvalue weighted by Crippen LogP contribution is 2.46. The van der Waals surface area contributed by atoms with Gasteiger partial charge in [-0.25, -0.2) is 4.68 Å². The Labute approximate surface area is 212 Å². The van der Waals surface area contributed by atoms with Gasteiger partial charge in [-0.05, 0) is 54.4 Å². The zero-order valence-electron chi connectivity index (χ0n) is 19.7. The average Bonchev–Trinajstić information content (AvgIpc) is 3.33. The molecule has 0 saturated heterocycles. The summed E-state index contributed by atoms with van der Waals surface area (Å²) in [6.45, 7) is 2.00. The zero-order chi connectivity index (χ0) is 25.4. The number of aromatic amines is 1. The van der Waals surface area contributed by atoms with E-state index in [0.717, 1.165) is 11.1 Å². The number of anilines is 1. The van der Waals surface area contributed by atoms with Gasteiger partial charge in [0.05, 0.1) is 28.8 Å². The van der Waals surface area contributed by atoms with Crippen LogP contribution < -0.4 is 10.5 Å². The van der Waals surface area contributed by atoms with E-state index in [4.69, 9.17) is 16.7 Å². The molecule has 7 nitrogen and oxygen atoms in total. The fourth-order valence-corrected chi connectivity index (χ4v) is 4.94. The number of amides is 1. The first-order valence-corrected chi connectivity index (χ1v) is 12.1. The van der Waals surface area contributed by atoms with Crippen LogP contribution in [-0.2, 0) is 16.9 Å². The molecule has 3 aromatic carbocycles. The van der Waals surface area contributed by atoms with E-state index in [0.29, 0.717) is 33.8 Å². The van der Waals surface area contributed by atoms with Crippen LogP contribution in [0.25, 0.3) is 16.6 Å². The average molecular weight is 504 g/mol. The third kappa shape index (κ3) is 3.95. The second kappa shape index (κ2) is 9.43. The quantitative estimate of drug-likeness (QED) is 0.328. The van der Waals surface area contributed by atoms with Crippen molar-refractivity contribution in [1.29, 1.82) is 0 Å². The molecule has 1 aliphatic heterocycles. The molecule has 8 heteroatoms. The minimum Gasteiger partial charge on any atom is -0.396 e. The number of benzene rings is 3. The van der Waals surface area contributed by atoms with E-state index in [-0.39, 0.29) is 18.7 Å². The van der Waals surface area contributed by atoms with Crippen LogP contribution in [-0.4, -0.2) is 32.5 Å². The van der Waals surface area contributed by atoms with Crippen LogP contribution in [0.4, 0.5) is 5.69 Å². The molecular weight excluding hydrogens is 478 g/mol. The first kappa shape index (κ1) is 24.1. The molecule has 2 heterocycles. The summed E-state index contributed by atoms with van der Waals surface area (Å²) in [6.07, 6.45) is 3.94. The molecule has 0 spiro atoms. The molecule has 0 radical (unpaired) electrons. The molecule has 1 aliphatic rings. The van der Waals surface area contributed by atoms with Crippen LogP contribution in [0.5, 0.6) is 0 Å². The van der Waals surface area contributed by atoms with E-state index < -0.39 is 17.4 Å². The lowest BCUT2D eigenvalue weighted by Gasteiger charge is -2.27. The molecule has 0 unspecified atom stereocenters. The summed E-state index contributed by atoms with van der Waals surface area (Å²) >= 11 is 6.23. The number of rotatable bonds is 7. The minimum atomic E-state index is -1.77. The van der Waals surface area contributed by atoms with Crippen LogP contribution in [0, 0.1) is 5.92 Å². The topological polar surface area (TPSA) is 98.6 Å². The minimum absolute atomic E-state index is 0.00916. The molecule has 5 rings (SSSR count). The molecule has 0 aliphatic carbocycles. The van der Waals surface area contributed by atoms with Gasteiger partial charge >= 0.3 is 0 Å². The highest BCUT2D eigenvalue weighted by atomic mass is 35.5. The molecule has 36 heavy (non-hydrogen) atoms. The number of para-hydroxylation sites is 1. The van der Waals surface area contributed by atoms with Crippen molar-refractivity contribution in [3.8, 4) is 5.69 Å². The standard InChI is InChI=1S/C28H26ClN3O4/c1-18(6-4-5-15-33)28(36)23-16-20(29)11-14-25(23)31(27(28)35)17-19-9-12-21(13-10-19)32-26(34)22-7-2-3-8-24(22)30-32/h2-4,6-14,16,18,30,33,36H,5,15,17H2,1H3/b6-4+/t18-,28+/m1/s1. The van der Waals surface area contributed by atoms with Crippen molar-refractivity contribution in [3.63, 3.8) is 0 Å². The van der Waals surface area contributed by atoms with Gasteiger partial charge in [0, 0.05) is 23.1 Å². The highest BCUT2D eigenvalue weighted by Gasteiger charge is 2.52. The van der Waals surface area contributed by atoms with Crippen LogP contribution >= 0.6 is 11.6 Å². The number of carbonyl (C=O) groups is 1. The van der Waals surface area contributed by atoms with Gasteiger partial charge in [0.25, 0.3) is 11.5 Å². The molecule has 0 saturated carbocycles. The van der Waals surface area contributed by atoms with Crippen molar-refractivity contribution < 1.29 is 15.0 Å². The fraction of sp³-hybridized carbons (Fsp3) is 0.214. The first-order chi connectivity index (χ1) is 17.3. The Kier molecular flexibility index (Phi) is 6.30. The summed E-state index contributed by atoms with van der Waals surface area (Å²) in [6, 6.07) is 19.8. The smallest absolute Gasteiger partial charge is 0.279 e. The Bertz CT molecular complexity index is 1520. The number of fused-ring (bicyclic) bond motifs is 2. The van der Waals surface area contributed by atoms with E-state index in [1.807, 2.05) is 42.5 Å². The number of hydrogen-bond donors (Lipinski definition) is 3. The SMILES string of the molecule is C[C@H](/C=C/CCO)[C@@]1(O)C(=O)N(Cc2ccc(-n3[nH]c4ccccc4c3=O)cc2)c2ccc(Cl)cc21. The molecule has 0 bridgehead atoms. The normalized spacial score (nSPS) is 18.3. The fourth-order valence-electron chi connectivity index (χ4n) is 4.76. The molecular formula is C28H26ClN3O4. The summed E-state index contributed by atoms with van der Waals surface area (Å²) in [4.78, 5) is 27.9. The Morgan fingerprint density at radius 2 is 1.83 bits per heavy atom. The van der Waals surface area contributed by atoms with Crippen molar-refractivity contribution in [1.82, 2.24) is 9.78 Å². The molecule has 4 aromatic rings. The van der Waals surface area contributed by atoms with Crippen molar-refractivity contribution in [2.45, 2.75) is 25.5 Å². The van der Waals surface area contributed by atoms with Crippen LogP contribution in [0.15, 0.2) is 83.7 Å². The first-order valence-electron chi connectivity index (χ1n) is 11.8. The molecule has 3 N–H and O–H groups in total. The number of nitrogens with one attached hydrogen (secondary N) is 1. The molecule has 0 fully saturated rings. The summed E-state index contributed by atoms with van der Waals surface area (Å²) in [5.74, 6) is -0.966. The van der Waals surface area contributed by atoms with Crippen molar-refractivity contribution in [2.24, 2.45) is 5.92 Å². The highest BCUT2D eigenvalue weighted by molar-refractivity contribution is 6.31. The lowest BCUT2D eigenvalue weighted by atomic mass is 9.83. The lowest BCUT2D eigenvalue weighted by molar-refractivity contribution is -0.139. The maximum absolute atomic E-state index is 13.6. The number of H-pyrrole nitrogens is 1. The van der Waals surface area contributed by atoms with E-state index >= 15 is 0 Å². The second-order valence-electron chi connectivity index (χ2n) is 9.01. The van der Waals surface area contributed by atoms with Gasteiger partial charge in [-0.2, -0.15) is 0 Å². The number of aromatic nitrogens is 2. The number of carbonyl (C=O) groups excluding carboxylic acids is 1. The predicted octanol–water partition coefficient (Wildman–Crippen LogP) is 4.28. The Morgan fingerprint density at radius 3 is 2.56 bits per heavy atom. The van der Waals surface area contributed by atoms with Gasteiger partial charge in [-0.3, -0.25) is 14.7 Å². The van der Waals surface area contributed by atoms with Gasteiger partial charge in [0.1, 0.15) is 0 Å². The Balaban J connectivity index is 1.45. The van der Waals surface area contributed by atoms with E-state index in [9.17, 15) is 14.7 Å². The number of halogens is 1. The maximum atomic E-state index is 13.6. The van der Waals surface area contributed by atoms with Gasteiger partial charge < -0.3 is 15.1 Å². The van der Waals surface area contributed by atoms with Crippen molar-refractivity contribution in [3.05, 3.63) is 105 Å². The van der Waals surface area contributed by atoms with Crippen LogP contribution in [0.2, 0.25) is 5.02 Å². The molecule has 184 valence electrons. The molecule has 2 atom stereocenters. The van der Waals surface area contributed by atoms with Crippen molar-refractivity contribution in [2.75, 3.05) is 11.5 Å². The molecule has 1 amide bonds. The summed E-state index contributed by atoms with van der Waals surface area (Å²) in [7, 11) is 0. The monoisotopic (exact) mass is 503 g/mol. The van der Waals surface area contributed by atoms with Crippen LogP contribution in [0.3, 0.4) is 0 Å². The third-order valence-electron chi connectivity index (χ3n) is 6.74. The van der Waals surface area contributed by atoms with E-state index in [1.54, 1.807) is 48.2 Å². The van der Waals surface area contributed by atoms with Gasteiger partial charge in [0.2, 0.25) is 0 Å². The second-order valence-corrected chi connectivity index (χ2v) is 9.45. The van der Waals surface area contributed by atoms with Crippen molar-refractivity contribution >= 4 is 34.1 Å². The van der Waals surface area contributed by atoms with Gasteiger partial charge in [0.15, 0.2) is 5.60 Å². The maximum Gasteiger partial charge on any atom is 0.279 e.